The lowest BCUT2D eigenvalue weighted by Crippen LogP contribution is -2.31. The number of amides is 1. The van der Waals surface area contributed by atoms with Crippen LogP contribution in [-0.2, 0) is 0 Å². The molecule has 0 bridgehead atoms. The Morgan fingerprint density at radius 2 is 2.50 bits per heavy atom. The van der Waals surface area contributed by atoms with Crippen LogP contribution in [-0.4, -0.2) is 34.4 Å². The monoisotopic (exact) mass is 188 g/mol. The van der Waals surface area contributed by atoms with Crippen molar-refractivity contribution in [2.75, 3.05) is 18.1 Å². The van der Waals surface area contributed by atoms with Crippen molar-refractivity contribution in [3.05, 3.63) is 11.6 Å². The second-order valence-electron chi connectivity index (χ2n) is 1.97. The molecule has 1 aromatic rings. The molecule has 0 aliphatic heterocycles. The molecule has 0 aliphatic carbocycles. The minimum Gasteiger partial charge on any atom is -0.465 e. The fourth-order valence-corrected chi connectivity index (χ4v) is 1.38. The van der Waals surface area contributed by atoms with Gasteiger partial charge in [-0.25, -0.2) is 9.78 Å². The van der Waals surface area contributed by atoms with Gasteiger partial charge in [0.15, 0.2) is 5.13 Å². The molecule has 5 nitrogen and oxygen atoms in total. The summed E-state index contributed by atoms with van der Waals surface area (Å²) >= 11 is 1.22. The Balaban J connectivity index is 2.73. The third-order valence-corrected chi connectivity index (χ3v) is 2.00. The molecule has 0 saturated heterocycles. The van der Waals surface area contributed by atoms with E-state index < -0.39 is 6.09 Å². The van der Waals surface area contributed by atoms with Gasteiger partial charge < -0.3 is 10.2 Å². The zero-order chi connectivity index (χ0) is 8.97. The third-order valence-electron chi connectivity index (χ3n) is 1.20. The number of aliphatic hydroxyl groups excluding tert-OH is 1. The van der Waals surface area contributed by atoms with Crippen LogP contribution in [0.15, 0.2) is 11.6 Å². The van der Waals surface area contributed by atoms with Crippen LogP contribution >= 0.6 is 11.3 Å². The molecule has 6 heteroatoms. The molecule has 1 rings (SSSR count). The molecule has 2 N–H and O–H groups in total. The zero-order valence-corrected chi connectivity index (χ0v) is 6.99. The van der Waals surface area contributed by atoms with Crippen LogP contribution in [0.25, 0.3) is 0 Å². The van der Waals surface area contributed by atoms with Crippen molar-refractivity contribution in [3.63, 3.8) is 0 Å². The van der Waals surface area contributed by atoms with E-state index in [0.717, 1.165) is 4.90 Å². The van der Waals surface area contributed by atoms with E-state index in [2.05, 4.69) is 4.98 Å². The quantitative estimate of drug-likeness (QED) is 0.729. The summed E-state index contributed by atoms with van der Waals surface area (Å²) in [5.74, 6) is 0. The molecule has 0 aliphatic rings. The summed E-state index contributed by atoms with van der Waals surface area (Å²) in [7, 11) is 0. The maximum Gasteiger partial charge on any atom is 0.413 e. The summed E-state index contributed by atoms with van der Waals surface area (Å²) in [4.78, 5) is 15.4. The molecule has 0 aromatic carbocycles. The number of carbonyl (C=O) groups is 1. The highest BCUT2D eigenvalue weighted by molar-refractivity contribution is 7.13. The number of thiazole rings is 1. The lowest BCUT2D eigenvalue weighted by Gasteiger charge is -2.13. The standard InChI is InChI=1S/C6H8N2O3S/c9-3-2-8(6(10)11)5-7-1-4-12-5/h1,4,9H,2-3H2,(H,10,11). The highest BCUT2D eigenvalue weighted by Crippen LogP contribution is 2.16. The van der Waals surface area contributed by atoms with Crippen LogP contribution in [0.5, 0.6) is 0 Å². The van der Waals surface area contributed by atoms with Gasteiger partial charge in [0.2, 0.25) is 0 Å². The van der Waals surface area contributed by atoms with E-state index in [1.54, 1.807) is 5.38 Å². The Kier molecular flexibility index (Phi) is 3.01. The smallest absolute Gasteiger partial charge is 0.413 e. The van der Waals surface area contributed by atoms with Crippen molar-refractivity contribution in [1.82, 2.24) is 4.98 Å². The first-order valence-electron chi connectivity index (χ1n) is 3.26. The molecule has 1 heterocycles. The topological polar surface area (TPSA) is 73.7 Å². The lowest BCUT2D eigenvalue weighted by molar-refractivity contribution is 0.198. The summed E-state index contributed by atoms with van der Waals surface area (Å²) < 4.78 is 0. The number of nitrogens with zero attached hydrogens (tertiary/aromatic N) is 2. The van der Waals surface area contributed by atoms with E-state index in [1.165, 1.54) is 17.5 Å². The van der Waals surface area contributed by atoms with Crippen molar-refractivity contribution in [3.8, 4) is 0 Å². The van der Waals surface area contributed by atoms with Crippen molar-refractivity contribution in [1.29, 1.82) is 0 Å². The normalized spacial score (nSPS) is 9.75. The summed E-state index contributed by atoms with van der Waals surface area (Å²) in [6.07, 6.45) is 0.423. The minimum atomic E-state index is -1.10. The SMILES string of the molecule is O=C(O)N(CCO)c1nccs1. The van der Waals surface area contributed by atoms with Gasteiger partial charge in [0.05, 0.1) is 13.2 Å². The van der Waals surface area contributed by atoms with Gasteiger partial charge in [-0.3, -0.25) is 4.90 Å². The number of aliphatic hydroxyl groups is 1. The summed E-state index contributed by atoms with van der Waals surface area (Å²) in [6, 6.07) is 0. The maximum absolute atomic E-state index is 10.6. The number of anilines is 1. The highest BCUT2D eigenvalue weighted by atomic mass is 32.1. The Bertz CT molecular complexity index is 249. The van der Waals surface area contributed by atoms with Gasteiger partial charge in [-0.15, -0.1) is 11.3 Å². The van der Waals surface area contributed by atoms with Crippen molar-refractivity contribution in [2.24, 2.45) is 0 Å². The number of hydrogen-bond acceptors (Lipinski definition) is 4. The first-order valence-corrected chi connectivity index (χ1v) is 4.14. The van der Waals surface area contributed by atoms with E-state index in [-0.39, 0.29) is 13.2 Å². The molecule has 12 heavy (non-hydrogen) atoms. The van der Waals surface area contributed by atoms with Gasteiger partial charge in [0.1, 0.15) is 0 Å². The second kappa shape index (κ2) is 4.03. The molecule has 0 fully saturated rings. The fourth-order valence-electron chi connectivity index (χ4n) is 0.722. The molecule has 0 atom stereocenters. The number of aromatic nitrogens is 1. The predicted octanol–water partition coefficient (Wildman–Crippen LogP) is 0.620. The highest BCUT2D eigenvalue weighted by Gasteiger charge is 2.14. The van der Waals surface area contributed by atoms with Gasteiger partial charge >= 0.3 is 6.09 Å². The zero-order valence-electron chi connectivity index (χ0n) is 6.17. The first kappa shape index (κ1) is 8.95. The average Bonchev–Trinajstić information content (AvgIpc) is 2.51. The van der Waals surface area contributed by atoms with Crippen molar-refractivity contribution >= 4 is 22.6 Å². The van der Waals surface area contributed by atoms with Gasteiger partial charge in [-0.05, 0) is 0 Å². The van der Waals surface area contributed by atoms with Crippen LogP contribution in [0.3, 0.4) is 0 Å². The molecule has 1 aromatic heterocycles. The summed E-state index contributed by atoms with van der Waals surface area (Å²) in [5.41, 5.74) is 0. The van der Waals surface area contributed by atoms with Gasteiger partial charge in [0, 0.05) is 11.6 Å². The van der Waals surface area contributed by atoms with Crippen LogP contribution in [0.2, 0.25) is 0 Å². The molecule has 0 radical (unpaired) electrons. The van der Waals surface area contributed by atoms with Crippen LogP contribution < -0.4 is 4.90 Å². The number of hydrogen-bond donors (Lipinski definition) is 2. The van der Waals surface area contributed by atoms with E-state index in [9.17, 15) is 4.79 Å². The molecule has 66 valence electrons. The molecule has 1 amide bonds. The Morgan fingerprint density at radius 1 is 1.75 bits per heavy atom. The first-order chi connectivity index (χ1) is 5.75. The second-order valence-corrected chi connectivity index (χ2v) is 2.85. The maximum atomic E-state index is 10.6. The Labute approximate surface area is 72.9 Å². The van der Waals surface area contributed by atoms with Crippen molar-refractivity contribution in [2.45, 2.75) is 0 Å². The number of carboxylic acid groups (broad SMARTS) is 1. The van der Waals surface area contributed by atoms with Crippen LogP contribution in [0.1, 0.15) is 0 Å². The molecule has 0 saturated carbocycles. The van der Waals surface area contributed by atoms with Gasteiger partial charge in [-0.1, -0.05) is 0 Å². The summed E-state index contributed by atoms with van der Waals surface area (Å²) in [6.45, 7) is -0.144. The van der Waals surface area contributed by atoms with Crippen LogP contribution in [0.4, 0.5) is 9.93 Å². The average molecular weight is 188 g/mol. The van der Waals surface area contributed by atoms with E-state index >= 15 is 0 Å². The lowest BCUT2D eigenvalue weighted by atomic mass is 10.6. The molecule has 0 spiro atoms. The molecule has 0 unspecified atom stereocenters. The largest absolute Gasteiger partial charge is 0.465 e. The van der Waals surface area contributed by atoms with Gasteiger partial charge in [0.25, 0.3) is 0 Å². The Morgan fingerprint density at radius 3 is 2.92 bits per heavy atom. The molecular weight excluding hydrogens is 180 g/mol. The molecular formula is C6H8N2O3S. The van der Waals surface area contributed by atoms with E-state index in [1.807, 2.05) is 0 Å². The predicted molar refractivity (Wildman–Crippen MR) is 44.6 cm³/mol. The van der Waals surface area contributed by atoms with E-state index in [0.29, 0.717) is 5.13 Å². The third kappa shape index (κ3) is 1.93. The van der Waals surface area contributed by atoms with Gasteiger partial charge in [-0.2, -0.15) is 0 Å². The fraction of sp³-hybridized carbons (Fsp3) is 0.333. The Hall–Kier alpha value is -1.14. The number of rotatable bonds is 3. The van der Waals surface area contributed by atoms with Crippen molar-refractivity contribution < 1.29 is 15.0 Å². The van der Waals surface area contributed by atoms with Crippen LogP contribution in [0, 0.1) is 0 Å². The van der Waals surface area contributed by atoms with E-state index in [4.69, 9.17) is 10.2 Å². The minimum absolute atomic E-state index is 0.0584. The summed E-state index contributed by atoms with van der Waals surface area (Å²) in [5, 5.41) is 19.3.